The topological polar surface area (TPSA) is 68.3 Å². The van der Waals surface area contributed by atoms with E-state index in [-0.39, 0.29) is 22.4 Å². The highest BCUT2D eigenvalue weighted by atomic mass is 35.5. The first-order chi connectivity index (χ1) is 8.54. The van der Waals surface area contributed by atoms with Crippen molar-refractivity contribution in [3.8, 4) is 12.3 Å². The zero-order valence-corrected chi connectivity index (χ0v) is 10.6. The Labute approximate surface area is 113 Å². The van der Waals surface area contributed by atoms with Gasteiger partial charge < -0.3 is 10.1 Å². The van der Waals surface area contributed by atoms with E-state index in [0.717, 1.165) is 0 Å². The van der Waals surface area contributed by atoms with Crippen molar-refractivity contribution in [1.29, 1.82) is 0 Å². The van der Waals surface area contributed by atoms with Crippen LogP contribution < -0.4 is 5.32 Å². The van der Waals surface area contributed by atoms with Crippen LogP contribution in [-0.2, 0) is 9.53 Å². The maximum Gasteiger partial charge on any atom is 0.359 e. The van der Waals surface area contributed by atoms with Gasteiger partial charge in [-0.05, 0) is 12.1 Å². The highest BCUT2D eigenvalue weighted by Gasteiger charge is 2.15. The summed E-state index contributed by atoms with van der Waals surface area (Å²) in [6.07, 6.45) is 4.95. The number of hydrogen-bond donors (Lipinski definition) is 1. The number of amides is 1. The Kier molecular flexibility index (Phi) is 5.43. The van der Waals surface area contributed by atoms with Crippen molar-refractivity contribution in [3.63, 3.8) is 0 Å². The number of aromatic nitrogens is 1. The molecular weight excluding hydrogens is 279 g/mol. The molecule has 1 amide bonds. The minimum absolute atomic E-state index is 0.0621. The van der Waals surface area contributed by atoms with Crippen molar-refractivity contribution in [2.45, 2.75) is 0 Å². The average Bonchev–Trinajstić information content (AvgIpc) is 2.36. The van der Waals surface area contributed by atoms with Gasteiger partial charge in [0.1, 0.15) is 5.15 Å². The predicted octanol–water partition coefficient (Wildman–Crippen LogP) is 1.29. The van der Waals surface area contributed by atoms with E-state index < -0.39 is 18.5 Å². The second-order valence-corrected chi connectivity index (χ2v) is 3.82. The van der Waals surface area contributed by atoms with Crippen LogP contribution in [-0.4, -0.2) is 30.0 Å². The first-order valence-corrected chi connectivity index (χ1v) is 5.49. The first kappa shape index (κ1) is 14.3. The number of nitrogens with one attached hydrogen (secondary N) is 1. The summed E-state index contributed by atoms with van der Waals surface area (Å²) in [7, 11) is 0. The molecule has 0 aliphatic heterocycles. The van der Waals surface area contributed by atoms with Gasteiger partial charge in [0, 0.05) is 0 Å². The number of ether oxygens (including phenoxy) is 1. The number of rotatable bonds is 4. The van der Waals surface area contributed by atoms with E-state index in [2.05, 4.69) is 16.2 Å². The third-order valence-corrected chi connectivity index (χ3v) is 2.24. The summed E-state index contributed by atoms with van der Waals surface area (Å²) in [6.45, 7) is -0.405. The normalized spacial score (nSPS) is 9.39. The molecule has 94 valence electrons. The summed E-state index contributed by atoms with van der Waals surface area (Å²) in [4.78, 5) is 26.4. The molecule has 0 atom stereocenters. The van der Waals surface area contributed by atoms with Crippen LogP contribution in [0.25, 0.3) is 0 Å². The SMILES string of the molecule is C#CCNC(=O)COC(=O)c1nc(Cl)ccc1Cl. The van der Waals surface area contributed by atoms with Crippen LogP contribution in [0.1, 0.15) is 10.5 Å². The van der Waals surface area contributed by atoms with Crippen molar-refractivity contribution in [3.05, 3.63) is 28.0 Å². The Bertz CT molecular complexity index is 512. The molecule has 0 unspecified atom stereocenters. The fourth-order valence-corrected chi connectivity index (χ4v) is 1.29. The van der Waals surface area contributed by atoms with Gasteiger partial charge in [-0.25, -0.2) is 9.78 Å². The third-order valence-electron chi connectivity index (χ3n) is 1.73. The quantitative estimate of drug-likeness (QED) is 0.515. The lowest BCUT2D eigenvalue weighted by molar-refractivity contribution is -0.123. The monoisotopic (exact) mass is 286 g/mol. The van der Waals surface area contributed by atoms with Crippen LogP contribution in [0.4, 0.5) is 0 Å². The van der Waals surface area contributed by atoms with Crippen LogP contribution in [0, 0.1) is 12.3 Å². The fourth-order valence-electron chi connectivity index (χ4n) is 0.962. The molecule has 1 heterocycles. The lowest BCUT2D eigenvalue weighted by Gasteiger charge is -2.05. The zero-order chi connectivity index (χ0) is 13.5. The standard InChI is InChI=1S/C11H8Cl2N2O3/c1-2-5-14-9(16)6-18-11(17)10-7(12)3-4-8(13)15-10/h1,3-4H,5-6H2,(H,14,16). The molecule has 1 rings (SSSR count). The van der Waals surface area contributed by atoms with Gasteiger partial charge in [0.25, 0.3) is 5.91 Å². The van der Waals surface area contributed by atoms with E-state index in [0.29, 0.717) is 0 Å². The largest absolute Gasteiger partial charge is 0.451 e. The Morgan fingerprint density at radius 3 is 2.83 bits per heavy atom. The number of hydrogen-bond acceptors (Lipinski definition) is 4. The molecule has 0 aromatic carbocycles. The van der Waals surface area contributed by atoms with E-state index in [9.17, 15) is 9.59 Å². The molecule has 18 heavy (non-hydrogen) atoms. The molecule has 0 spiro atoms. The van der Waals surface area contributed by atoms with Gasteiger partial charge in [-0.1, -0.05) is 29.1 Å². The van der Waals surface area contributed by atoms with E-state index in [1.54, 1.807) is 0 Å². The van der Waals surface area contributed by atoms with Gasteiger partial charge in [0.15, 0.2) is 12.3 Å². The van der Waals surface area contributed by atoms with E-state index in [1.165, 1.54) is 12.1 Å². The lowest BCUT2D eigenvalue weighted by atomic mass is 10.3. The van der Waals surface area contributed by atoms with Gasteiger partial charge in [-0.15, -0.1) is 6.42 Å². The molecule has 0 radical (unpaired) electrons. The minimum atomic E-state index is -0.835. The number of esters is 1. The average molecular weight is 287 g/mol. The number of terminal acetylenes is 1. The van der Waals surface area contributed by atoms with Crippen LogP contribution in [0.3, 0.4) is 0 Å². The zero-order valence-electron chi connectivity index (χ0n) is 9.07. The molecule has 1 aromatic heterocycles. The van der Waals surface area contributed by atoms with Crippen molar-refractivity contribution in [2.75, 3.05) is 13.2 Å². The van der Waals surface area contributed by atoms with Crippen LogP contribution in [0.15, 0.2) is 12.1 Å². The van der Waals surface area contributed by atoms with Crippen molar-refractivity contribution < 1.29 is 14.3 Å². The molecule has 7 heteroatoms. The van der Waals surface area contributed by atoms with Gasteiger partial charge in [0.05, 0.1) is 11.6 Å². The third kappa shape index (κ3) is 4.24. The van der Waals surface area contributed by atoms with E-state index in [1.807, 2.05) is 0 Å². The number of halogens is 2. The maximum atomic E-state index is 11.5. The number of carbonyl (C=O) groups excluding carboxylic acids is 2. The highest BCUT2D eigenvalue weighted by molar-refractivity contribution is 6.34. The second kappa shape index (κ2) is 6.84. The molecule has 0 aliphatic rings. The summed E-state index contributed by atoms with van der Waals surface area (Å²) < 4.78 is 4.70. The van der Waals surface area contributed by atoms with Gasteiger partial charge in [-0.2, -0.15) is 0 Å². The number of carbonyl (C=O) groups is 2. The van der Waals surface area contributed by atoms with E-state index >= 15 is 0 Å². The fraction of sp³-hybridized carbons (Fsp3) is 0.182. The van der Waals surface area contributed by atoms with Gasteiger partial charge in [-0.3, -0.25) is 4.79 Å². The molecule has 0 bridgehead atoms. The van der Waals surface area contributed by atoms with Gasteiger partial charge >= 0.3 is 5.97 Å². The summed E-state index contributed by atoms with van der Waals surface area (Å²) in [5.74, 6) is 0.862. The molecule has 1 N–H and O–H groups in total. The molecule has 0 saturated heterocycles. The summed E-state index contributed by atoms with van der Waals surface area (Å²) >= 11 is 11.4. The summed E-state index contributed by atoms with van der Waals surface area (Å²) in [5, 5.41) is 2.52. The second-order valence-electron chi connectivity index (χ2n) is 3.02. The predicted molar refractivity (Wildman–Crippen MR) is 66.4 cm³/mol. The van der Waals surface area contributed by atoms with Crippen molar-refractivity contribution in [1.82, 2.24) is 10.3 Å². The van der Waals surface area contributed by atoms with Crippen LogP contribution in [0.2, 0.25) is 10.2 Å². The maximum absolute atomic E-state index is 11.5. The number of nitrogens with zero attached hydrogens (tertiary/aromatic N) is 1. The lowest BCUT2D eigenvalue weighted by Crippen LogP contribution is -2.29. The Morgan fingerprint density at radius 2 is 2.17 bits per heavy atom. The van der Waals surface area contributed by atoms with Gasteiger partial charge in [0.2, 0.25) is 0 Å². The van der Waals surface area contributed by atoms with E-state index in [4.69, 9.17) is 34.4 Å². The molecule has 1 aromatic rings. The first-order valence-electron chi connectivity index (χ1n) is 4.74. The molecule has 0 fully saturated rings. The number of pyridine rings is 1. The van der Waals surface area contributed by atoms with Crippen molar-refractivity contribution in [2.24, 2.45) is 0 Å². The smallest absolute Gasteiger partial charge is 0.359 e. The molecule has 5 nitrogen and oxygen atoms in total. The molecular formula is C11H8Cl2N2O3. The van der Waals surface area contributed by atoms with Crippen LogP contribution >= 0.6 is 23.2 Å². The summed E-state index contributed by atoms with van der Waals surface area (Å²) in [6, 6.07) is 2.84. The molecule has 0 saturated carbocycles. The van der Waals surface area contributed by atoms with Crippen LogP contribution in [0.5, 0.6) is 0 Å². The summed E-state index contributed by atoms with van der Waals surface area (Å²) in [5.41, 5.74) is -0.145. The molecule has 0 aliphatic carbocycles. The Balaban J connectivity index is 2.58. The Morgan fingerprint density at radius 1 is 1.44 bits per heavy atom. The van der Waals surface area contributed by atoms with Crippen molar-refractivity contribution >= 4 is 35.1 Å². The highest BCUT2D eigenvalue weighted by Crippen LogP contribution is 2.17. The Hall–Kier alpha value is -1.77. The minimum Gasteiger partial charge on any atom is -0.451 e.